The van der Waals surface area contributed by atoms with Gasteiger partial charge in [-0.3, -0.25) is 14.9 Å². The summed E-state index contributed by atoms with van der Waals surface area (Å²) in [6.07, 6.45) is 1.59. The van der Waals surface area contributed by atoms with Crippen LogP contribution in [0.1, 0.15) is 5.56 Å². The number of amides is 1. The van der Waals surface area contributed by atoms with Crippen LogP contribution < -0.4 is 10.1 Å². The Kier molecular flexibility index (Phi) is 5.68. The summed E-state index contributed by atoms with van der Waals surface area (Å²) in [7, 11) is 0. The largest absolute Gasteiger partial charge is 0.484 e. The van der Waals surface area contributed by atoms with Crippen LogP contribution >= 0.6 is 11.6 Å². The van der Waals surface area contributed by atoms with Crippen molar-refractivity contribution in [1.82, 2.24) is 9.78 Å². The number of hydrogen-bond acceptors (Lipinski definition) is 5. The first-order chi connectivity index (χ1) is 13.0. The smallest absolute Gasteiger partial charge is 0.269 e. The van der Waals surface area contributed by atoms with Crippen LogP contribution in [0.4, 0.5) is 11.5 Å². The molecule has 0 saturated heterocycles. The van der Waals surface area contributed by atoms with Crippen molar-refractivity contribution in [3.8, 4) is 5.75 Å². The number of anilines is 1. The number of aromatic nitrogens is 2. The van der Waals surface area contributed by atoms with Crippen LogP contribution in [0.3, 0.4) is 0 Å². The average molecular weight is 387 g/mol. The highest BCUT2D eigenvalue weighted by atomic mass is 35.5. The minimum absolute atomic E-state index is 0.0436. The lowest BCUT2D eigenvalue weighted by molar-refractivity contribution is -0.384. The second-order valence-corrected chi connectivity index (χ2v) is 6.02. The highest BCUT2D eigenvalue weighted by molar-refractivity contribution is 6.30. The molecule has 27 heavy (non-hydrogen) atoms. The molecule has 0 aliphatic rings. The minimum Gasteiger partial charge on any atom is -0.484 e. The Morgan fingerprint density at radius 1 is 1.15 bits per heavy atom. The molecule has 0 saturated carbocycles. The molecule has 2 aromatic carbocycles. The van der Waals surface area contributed by atoms with E-state index in [1.165, 1.54) is 24.3 Å². The molecule has 9 heteroatoms. The highest BCUT2D eigenvalue weighted by Crippen LogP contribution is 2.17. The summed E-state index contributed by atoms with van der Waals surface area (Å²) in [6.45, 7) is 0.243. The second kappa shape index (κ2) is 8.33. The number of nitrogens with one attached hydrogen (secondary N) is 1. The van der Waals surface area contributed by atoms with E-state index in [1.54, 1.807) is 29.1 Å². The third-order valence-corrected chi connectivity index (χ3v) is 3.90. The molecule has 138 valence electrons. The van der Waals surface area contributed by atoms with E-state index in [4.69, 9.17) is 16.3 Å². The van der Waals surface area contributed by atoms with Gasteiger partial charge in [-0.1, -0.05) is 23.7 Å². The number of benzene rings is 2. The number of nitro groups is 1. The third kappa shape index (κ3) is 5.05. The molecule has 0 fully saturated rings. The third-order valence-electron chi connectivity index (χ3n) is 3.65. The number of halogens is 1. The number of ether oxygens (including phenoxy) is 1. The van der Waals surface area contributed by atoms with Crippen molar-refractivity contribution >= 4 is 29.0 Å². The molecular formula is C18H15ClN4O4. The maximum Gasteiger partial charge on any atom is 0.269 e. The number of hydrogen-bond donors (Lipinski definition) is 1. The topological polar surface area (TPSA) is 99.3 Å². The van der Waals surface area contributed by atoms with Crippen LogP contribution in [-0.4, -0.2) is 27.2 Å². The molecule has 0 radical (unpaired) electrons. The van der Waals surface area contributed by atoms with Crippen molar-refractivity contribution in [1.29, 1.82) is 0 Å². The molecule has 0 unspecified atom stereocenters. The van der Waals surface area contributed by atoms with Gasteiger partial charge in [0, 0.05) is 23.2 Å². The van der Waals surface area contributed by atoms with Crippen LogP contribution in [-0.2, 0) is 11.3 Å². The molecule has 0 bridgehead atoms. The van der Waals surface area contributed by atoms with Crippen molar-refractivity contribution < 1.29 is 14.5 Å². The van der Waals surface area contributed by atoms with Gasteiger partial charge in [0.1, 0.15) is 11.6 Å². The van der Waals surface area contributed by atoms with E-state index >= 15 is 0 Å². The van der Waals surface area contributed by atoms with Crippen LogP contribution in [0.25, 0.3) is 0 Å². The number of nitro benzene ring substituents is 1. The zero-order valence-electron chi connectivity index (χ0n) is 14.0. The highest BCUT2D eigenvalue weighted by Gasteiger charge is 2.10. The predicted octanol–water partition coefficient (Wildman–Crippen LogP) is 3.51. The number of carbonyl (C=O) groups excluding carboxylic acids is 1. The van der Waals surface area contributed by atoms with E-state index in [0.717, 1.165) is 5.56 Å². The first-order valence-corrected chi connectivity index (χ1v) is 8.32. The zero-order valence-corrected chi connectivity index (χ0v) is 14.8. The molecule has 0 atom stereocenters. The maximum absolute atomic E-state index is 12.1. The standard InChI is InChI=1S/C18H15ClN4O4/c19-14-3-1-13(2-4-14)11-22-17(9-10-20-22)21-18(24)12-27-16-7-5-15(6-8-16)23(25)26/h1-10H,11-12H2,(H,21,24). The van der Waals surface area contributed by atoms with Crippen molar-refractivity contribution in [3.63, 3.8) is 0 Å². The quantitative estimate of drug-likeness (QED) is 0.494. The fourth-order valence-electron chi connectivity index (χ4n) is 2.32. The number of carbonyl (C=O) groups is 1. The summed E-state index contributed by atoms with van der Waals surface area (Å²) in [4.78, 5) is 22.2. The van der Waals surface area contributed by atoms with E-state index in [1.807, 2.05) is 12.1 Å². The van der Waals surface area contributed by atoms with Gasteiger partial charge in [-0.15, -0.1) is 0 Å². The fourth-order valence-corrected chi connectivity index (χ4v) is 2.45. The summed E-state index contributed by atoms with van der Waals surface area (Å²) in [5, 5.41) is 18.2. The molecule has 1 amide bonds. The minimum atomic E-state index is -0.502. The van der Waals surface area contributed by atoms with Gasteiger partial charge in [0.2, 0.25) is 0 Å². The summed E-state index contributed by atoms with van der Waals surface area (Å²) in [6, 6.07) is 14.5. The Labute approximate surface area is 159 Å². The van der Waals surface area contributed by atoms with Gasteiger partial charge in [-0.05, 0) is 29.8 Å². The number of rotatable bonds is 7. The summed E-state index contributed by atoms with van der Waals surface area (Å²) in [5.74, 6) is 0.527. The molecule has 8 nitrogen and oxygen atoms in total. The molecule has 3 aromatic rings. The van der Waals surface area contributed by atoms with E-state index in [0.29, 0.717) is 23.1 Å². The average Bonchev–Trinajstić information content (AvgIpc) is 3.09. The molecule has 0 aliphatic heterocycles. The lowest BCUT2D eigenvalue weighted by Gasteiger charge is -2.10. The molecule has 0 spiro atoms. The van der Waals surface area contributed by atoms with Crippen LogP contribution in [0.15, 0.2) is 60.8 Å². The van der Waals surface area contributed by atoms with E-state index in [-0.39, 0.29) is 18.2 Å². The Hall–Kier alpha value is -3.39. The van der Waals surface area contributed by atoms with Gasteiger partial charge in [-0.2, -0.15) is 5.10 Å². The SMILES string of the molecule is O=C(COc1ccc([N+](=O)[O-])cc1)Nc1ccnn1Cc1ccc(Cl)cc1. The van der Waals surface area contributed by atoms with Gasteiger partial charge >= 0.3 is 0 Å². The van der Waals surface area contributed by atoms with Gasteiger partial charge in [-0.25, -0.2) is 4.68 Å². The van der Waals surface area contributed by atoms with Crippen molar-refractivity contribution in [2.24, 2.45) is 0 Å². The first kappa shape index (κ1) is 18.4. The van der Waals surface area contributed by atoms with Gasteiger partial charge < -0.3 is 10.1 Å². The monoisotopic (exact) mass is 386 g/mol. The molecule has 1 heterocycles. The number of non-ortho nitro benzene ring substituents is 1. The lowest BCUT2D eigenvalue weighted by atomic mass is 10.2. The Morgan fingerprint density at radius 3 is 2.52 bits per heavy atom. The Morgan fingerprint density at radius 2 is 1.85 bits per heavy atom. The zero-order chi connectivity index (χ0) is 19.2. The van der Waals surface area contributed by atoms with Gasteiger partial charge in [0.15, 0.2) is 6.61 Å². The van der Waals surface area contributed by atoms with Crippen LogP contribution in [0.2, 0.25) is 5.02 Å². The molecule has 0 aliphatic carbocycles. The first-order valence-electron chi connectivity index (χ1n) is 7.94. The molecule has 1 N–H and O–H groups in total. The normalized spacial score (nSPS) is 10.4. The predicted molar refractivity (Wildman–Crippen MR) is 100 cm³/mol. The van der Waals surface area contributed by atoms with Crippen molar-refractivity contribution in [3.05, 3.63) is 81.5 Å². The Balaban J connectivity index is 1.56. The fraction of sp³-hybridized carbons (Fsp3) is 0.111. The Bertz CT molecular complexity index is 939. The second-order valence-electron chi connectivity index (χ2n) is 5.59. The molecule has 3 rings (SSSR count). The van der Waals surface area contributed by atoms with Crippen molar-refractivity contribution in [2.75, 3.05) is 11.9 Å². The molecule has 1 aromatic heterocycles. The van der Waals surface area contributed by atoms with E-state index in [2.05, 4.69) is 10.4 Å². The van der Waals surface area contributed by atoms with Gasteiger partial charge in [0.05, 0.1) is 17.7 Å². The van der Waals surface area contributed by atoms with Crippen LogP contribution in [0.5, 0.6) is 5.75 Å². The van der Waals surface area contributed by atoms with Crippen LogP contribution in [0, 0.1) is 10.1 Å². The summed E-state index contributed by atoms with van der Waals surface area (Å²) < 4.78 is 6.99. The van der Waals surface area contributed by atoms with Gasteiger partial charge in [0.25, 0.3) is 11.6 Å². The lowest BCUT2D eigenvalue weighted by Crippen LogP contribution is -2.22. The van der Waals surface area contributed by atoms with E-state index in [9.17, 15) is 14.9 Å². The number of nitrogens with zero attached hydrogens (tertiary/aromatic N) is 3. The molecular weight excluding hydrogens is 372 g/mol. The summed E-state index contributed by atoms with van der Waals surface area (Å²) in [5.41, 5.74) is 0.943. The maximum atomic E-state index is 12.1. The summed E-state index contributed by atoms with van der Waals surface area (Å²) >= 11 is 5.88. The van der Waals surface area contributed by atoms with Crippen molar-refractivity contribution in [2.45, 2.75) is 6.54 Å². The van der Waals surface area contributed by atoms with E-state index < -0.39 is 4.92 Å².